The van der Waals surface area contributed by atoms with Gasteiger partial charge in [-0.2, -0.15) is 0 Å². The molecule has 4 heteroatoms. The van der Waals surface area contributed by atoms with Gasteiger partial charge in [0.2, 0.25) is 0 Å². The SMILES string of the molecule is CC1CN(C(CN2CCCC2)c2ccncc2)CCN1. The number of piperazine rings is 1. The average Bonchev–Trinajstić information content (AvgIpc) is 2.99. The van der Waals surface area contributed by atoms with Crippen LogP contribution in [0.1, 0.15) is 31.4 Å². The van der Waals surface area contributed by atoms with Crippen molar-refractivity contribution in [1.29, 1.82) is 0 Å². The largest absolute Gasteiger partial charge is 0.312 e. The van der Waals surface area contributed by atoms with E-state index in [9.17, 15) is 0 Å². The van der Waals surface area contributed by atoms with Gasteiger partial charge in [-0.15, -0.1) is 0 Å². The highest BCUT2D eigenvalue weighted by molar-refractivity contribution is 5.16. The van der Waals surface area contributed by atoms with Gasteiger partial charge >= 0.3 is 0 Å². The van der Waals surface area contributed by atoms with Crippen LogP contribution in [0.25, 0.3) is 0 Å². The van der Waals surface area contributed by atoms with E-state index in [4.69, 9.17) is 0 Å². The summed E-state index contributed by atoms with van der Waals surface area (Å²) in [5.74, 6) is 0. The summed E-state index contributed by atoms with van der Waals surface area (Å²) in [5.41, 5.74) is 1.42. The molecule has 1 aromatic heterocycles. The summed E-state index contributed by atoms with van der Waals surface area (Å²) < 4.78 is 0. The molecule has 3 heterocycles. The summed E-state index contributed by atoms with van der Waals surface area (Å²) in [7, 11) is 0. The molecule has 20 heavy (non-hydrogen) atoms. The van der Waals surface area contributed by atoms with Gasteiger partial charge in [-0.3, -0.25) is 9.88 Å². The Labute approximate surface area is 122 Å². The highest BCUT2D eigenvalue weighted by atomic mass is 15.3. The van der Waals surface area contributed by atoms with Crippen molar-refractivity contribution >= 4 is 0 Å². The Balaban J connectivity index is 1.75. The summed E-state index contributed by atoms with van der Waals surface area (Å²) in [4.78, 5) is 9.45. The monoisotopic (exact) mass is 274 g/mol. The molecule has 1 aromatic rings. The molecule has 2 aliphatic heterocycles. The molecule has 0 amide bonds. The molecular formula is C16H26N4. The number of nitrogens with zero attached hydrogens (tertiary/aromatic N) is 3. The Morgan fingerprint density at radius 2 is 2.00 bits per heavy atom. The maximum absolute atomic E-state index is 4.18. The lowest BCUT2D eigenvalue weighted by Gasteiger charge is -2.39. The minimum atomic E-state index is 0.514. The van der Waals surface area contributed by atoms with Crippen molar-refractivity contribution < 1.29 is 0 Å². The Morgan fingerprint density at radius 1 is 1.25 bits per heavy atom. The summed E-state index contributed by atoms with van der Waals surface area (Å²) in [6.07, 6.45) is 6.58. The van der Waals surface area contributed by atoms with Crippen LogP contribution in [-0.2, 0) is 0 Å². The Kier molecular flexibility index (Phi) is 4.65. The number of nitrogens with one attached hydrogen (secondary N) is 1. The van der Waals surface area contributed by atoms with E-state index in [1.807, 2.05) is 12.4 Å². The molecule has 0 spiro atoms. The third kappa shape index (κ3) is 3.37. The number of rotatable bonds is 4. The minimum Gasteiger partial charge on any atom is -0.312 e. The van der Waals surface area contributed by atoms with Crippen LogP contribution in [0.3, 0.4) is 0 Å². The summed E-state index contributed by atoms with van der Waals surface area (Å²) in [6, 6.07) is 5.48. The van der Waals surface area contributed by atoms with Crippen molar-refractivity contribution in [3.63, 3.8) is 0 Å². The standard InChI is InChI=1S/C16H26N4/c1-14-12-20(11-8-18-14)16(13-19-9-2-3-10-19)15-4-6-17-7-5-15/h4-7,14,16,18H,2-3,8-13H2,1H3. The number of likely N-dealkylation sites (tertiary alicyclic amines) is 1. The van der Waals surface area contributed by atoms with E-state index in [1.165, 1.54) is 31.5 Å². The van der Waals surface area contributed by atoms with Gasteiger partial charge in [0.25, 0.3) is 0 Å². The molecule has 0 bridgehead atoms. The normalized spacial score (nSPS) is 26.8. The first-order chi connectivity index (χ1) is 9.83. The molecule has 2 fully saturated rings. The summed E-state index contributed by atoms with van der Waals surface area (Å²) in [6.45, 7) is 9.36. The van der Waals surface area contributed by atoms with Crippen molar-refractivity contribution in [2.45, 2.75) is 31.8 Å². The van der Waals surface area contributed by atoms with Crippen LogP contribution in [0.5, 0.6) is 0 Å². The zero-order valence-corrected chi connectivity index (χ0v) is 12.5. The first-order valence-corrected chi connectivity index (χ1v) is 7.92. The molecule has 0 aliphatic carbocycles. The van der Waals surface area contributed by atoms with Crippen molar-refractivity contribution in [2.75, 3.05) is 39.3 Å². The highest BCUT2D eigenvalue weighted by Gasteiger charge is 2.27. The number of hydrogen-bond acceptors (Lipinski definition) is 4. The van der Waals surface area contributed by atoms with Crippen LogP contribution >= 0.6 is 0 Å². The number of hydrogen-bond donors (Lipinski definition) is 1. The van der Waals surface area contributed by atoms with Crippen molar-refractivity contribution in [3.05, 3.63) is 30.1 Å². The average molecular weight is 274 g/mol. The maximum Gasteiger partial charge on any atom is 0.0477 e. The van der Waals surface area contributed by atoms with Gasteiger partial charge < -0.3 is 10.2 Å². The van der Waals surface area contributed by atoms with Gasteiger partial charge in [0.15, 0.2) is 0 Å². The van der Waals surface area contributed by atoms with Crippen LogP contribution in [-0.4, -0.2) is 60.1 Å². The van der Waals surface area contributed by atoms with Crippen LogP contribution in [0, 0.1) is 0 Å². The van der Waals surface area contributed by atoms with E-state index in [0.717, 1.165) is 26.2 Å². The summed E-state index contributed by atoms with van der Waals surface area (Å²) >= 11 is 0. The van der Waals surface area contributed by atoms with Crippen LogP contribution in [0.4, 0.5) is 0 Å². The third-order valence-corrected chi connectivity index (χ3v) is 4.56. The lowest BCUT2D eigenvalue weighted by molar-refractivity contribution is 0.117. The molecule has 2 saturated heterocycles. The van der Waals surface area contributed by atoms with E-state index in [2.05, 4.69) is 39.2 Å². The van der Waals surface area contributed by atoms with Crippen molar-refractivity contribution in [1.82, 2.24) is 20.1 Å². The third-order valence-electron chi connectivity index (χ3n) is 4.56. The summed E-state index contributed by atoms with van der Waals surface area (Å²) in [5, 5.41) is 3.54. The van der Waals surface area contributed by atoms with Gasteiger partial charge in [0.05, 0.1) is 0 Å². The fourth-order valence-electron chi connectivity index (χ4n) is 3.47. The molecule has 4 nitrogen and oxygen atoms in total. The Hall–Kier alpha value is -0.970. The van der Waals surface area contributed by atoms with Gasteiger partial charge in [0.1, 0.15) is 0 Å². The predicted octanol–water partition coefficient (Wildman–Crippen LogP) is 1.51. The molecule has 0 radical (unpaired) electrons. The Morgan fingerprint density at radius 3 is 2.70 bits per heavy atom. The molecule has 0 saturated carbocycles. The van der Waals surface area contributed by atoms with Crippen LogP contribution < -0.4 is 5.32 Å². The number of aromatic nitrogens is 1. The minimum absolute atomic E-state index is 0.514. The number of pyridine rings is 1. The topological polar surface area (TPSA) is 31.4 Å². The fraction of sp³-hybridized carbons (Fsp3) is 0.688. The second-order valence-corrected chi connectivity index (χ2v) is 6.15. The molecular weight excluding hydrogens is 248 g/mol. The van der Waals surface area contributed by atoms with E-state index in [-0.39, 0.29) is 0 Å². The maximum atomic E-state index is 4.18. The van der Waals surface area contributed by atoms with Crippen LogP contribution in [0.2, 0.25) is 0 Å². The van der Waals surface area contributed by atoms with E-state index in [1.54, 1.807) is 0 Å². The molecule has 2 unspecified atom stereocenters. The zero-order valence-electron chi connectivity index (χ0n) is 12.5. The lowest BCUT2D eigenvalue weighted by atomic mass is 10.0. The van der Waals surface area contributed by atoms with E-state index in [0.29, 0.717) is 12.1 Å². The van der Waals surface area contributed by atoms with E-state index < -0.39 is 0 Å². The first-order valence-electron chi connectivity index (χ1n) is 7.92. The smallest absolute Gasteiger partial charge is 0.0477 e. The molecule has 1 N–H and O–H groups in total. The van der Waals surface area contributed by atoms with Gasteiger partial charge in [0, 0.05) is 50.7 Å². The van der Waals surface area contributed by atoms with Gasteiger partial charge in [-0.1, -0.05) is 0 Å². The predicted molar refractivity (Wildman–Crippen MR) is 81.7 cm³/mol. The van der Waals surface area contributed by atoms with Gasteiger partial charge in [-0.25, -0.2) is 0 Å². The lowest BCUT2D eigenvalue weighted by Crippen LogP contribution is -2.52. The second kappa shape index (κ2) is 6.66. The molecule has 2 atom stereocenters. The van der Waals surface area contributed by atoms with Crippen LogP contribution in [0.15, 0.2) is 24.5 Å². The quantitative estimate of drug-likeness (QED) is 0.902. The molecule has 110 valence electrons. The fourth-order valence-corrected chi connectivity index (χ4v) is 3.47. The van der Waals surface area contributed by atoms with Crippen molar-refractivity contribution in [2.24, 2.45) is 0 Å². The zero-order chi connectivity index (χ0) is 13.8. The van der Waals surface area contributed by atoms with E-state index >= 15 is 0 Å². The molecule has 3 rings (SSSR count). The van der Waals surface area contributed by atoms with Gasteiger partial charge in [-0.05, 0) is 50.6 Å². The molecule has 0 aromatic carbocycles. The second-order valence-electron chi connectivity index (χ2n) is 6.15. The first kappa shape index (κ1) is 14.0. The highest BCUT2D eigenvalue weighted by Crippen LogP contribution is 2.24. The molecule has 2 aliphatic rings. The van der Waals surface area contributed by atoms with Crippen molar-refractivity contribution in [3.8, 4) is 0 Å². The Bertz CT molecular complexity index is 402.